The summed E-state index contributed by atoms with van der Waals surface area (Å²) in [5.41, 5.74) is 11.3. The van der Waals surface area contributed by atoms with Gasteiger partial charge in [-0.1, -0.05) is 164 Å². The van der Waals surface area contributed by atoms with Crippen LogP contribution in [0.5, 0.6) is 0 Å². The van der Waals surface area contributed by atoms with Crippen LogP contribution in [0.25, 0.3) is 76.9 Å². The van der Waals surface area contributed by atoms with Crippen molar-refractivity contribution in [1.82, 2.24) is 0 Å². The SMILES string of the molecule is CC(=NC(=NC(=N)c1ccccc1)c1cc(-c2ccc3ccccc3c2)cc2oc3ccccc3c12)c1ccc(-c2ccc3ccccc3c2)c(-c2ccccc2)c1. The minimum Gasteiger partial charge on any atom is -0.456 e. The van der Waals surface area contributed by atoms with Crippen LogP contribution >= 0.6 is 0 Å². The molecule has 274 valence electrons. The molecule has 1 N–H and O–H groups in total. The first-order chi connectivity index (χ1) is 28.6. The van der Waals surface area contributed by atoms with E-state index in [2.05, 4.69) is 146 Å². The van der Waals surface area contributed by atoms with Gasteiger partial charge in [-0.3, -0.25) is 5.41 Å². The zero-order valence-corrected chi connectivity index (χ0v) is 31.9. The number of rotatable bonds is 6. The van der Waals surface area contributed by atoms with Crippen molar-refractivity contribution in [3.63, 3.8) is 0 Å². The van der Waals surface area contributed by atoms with Crippen LogP contribution in [0.1, 0.15) is 23.6 Å². The second-order valence-corrected chi connectivity index (χ2v) is 14.6. The van der Waals surface area contributed by atoms with E-state index in [0.29, 0.717) is 11.4 Å². The molecule has 0 unspecified atom stereocenters. The molecule has 4 nitrogen and oxygen atoms in total. The summed E-state index contributed by atoms with van der Waals surface area (Å²) in [6, 6.07) is 69.1. The average molecular weight is 744 g/mol. The lowest BCUT2D eigenvalue weighted by molar-refractivity contribution is 0.669. The summed E-state index contributed by atoms with van der Waals surface area (Å²) >= 11 is 0. The molecule has 0 saturated carbocycles. The van der Waals surface area contributed by atoms with Gasteiger partial charge in [-0.2, -0.15) is 0 Å². The van der Waals surface area contributed by atoms with Crippen LogP contribution in [0.4, 0.5) is 0 Å². The molecule has 0 bridgehead atoms. The predicted molar refractivity (Wildman–Crippen MR) is 244 cm³/mol. The van der Waals surface area contributed by atoms with Gasteiger partial charge in [0.05, 0.1) is 0 Å². The lowest BCUT2D eigenvalue weighted by atomic mass is 9.91. The first kappa shape index (κ1) is 34.8. The van der Waals surface area contributed by atoms with E-state index in [4.69, 9.17) is 14.4 Å². The Kier molecular flexibility index (Phi) is 8.85. The van der Waals surface area contributed by atoms with E-state index in [1.807, 2.05) is 61.5 Å². The Morgan fingerprint density at radius 2 is 1.05 bits per heavy atom. The molecule has 0 atom stereocenters. The minimum atomic E-state index is 0.126. The molecule has 0 saturated heterocycles. The summed E-state index contributed by atoms with van der Waals surface area (Å²) in [5, 5.41) is 15.9. The van der Waals surface area contributed by atoms with E-state index in [1.54, 1.807) is 0 Å². The smallest absolute Gasteiger partial charge is 0.162 e. The molecule has 0 radical (unpaired) electrons. The maximum absolute atomic E-state index is 9.25. The Balaban J connectivity index is 1.18. The van der Waals surface area contributed by atoms with Crippen molar-refractivity contribution in [2.45, 2.75) is 6.92 Å². The van der Waals surface area contributed by atoms with Crippen LogP contribution in [0.2, 0.25) is 0 Å². The molecule has 0 aliphatic carbocycles. The Bertz CT molecular complexity index is 3250. The summed E-state index contributed by atoms with van der Waals surface area (Å²) < 4.78 is 6.56. The molecule has 1 heterocycles. The van der Waals surface area contributed by atoms with Gasteiger partial charge in [0.2, 0.25) is 0 Å². The van der Waals surface area contributed by atoms with E-state index in [-0.39, 0.29) is 5.84 Å². The van der Waals surface area contributed by atoms with Crippen LogP contribution in [0, 0.1) is 5.41 Å². The van der Waals surface area contributed by atoms with E-state index < -0.39 is 0 Å². The second kappa shape index (κ2) is 14.8. The van der Waals surface area contributed by atoms with E-state index in [0.717, 1.165) is 77.5 Å². The predicted octanol–water partition coefficient (Wildman–Crippen LogP) is 14.2. The quantitative estimate of drug-likeness (QED) is 0.134. The van der Waals surface area contributed by atoms with E-state index in [9.17, 15) is 5.41 Å². The van der Waals surface area contributed by atoms with Crippen molar-refractivity contribution in [2.24, 2.45) is 9.98 Å². The number of amidine groups is 2. The molecule has 1 aromatic heterocycles. The second-order valence-electron chi connectivity index (χ2n) is 14.6. The summed E-state index contributed by atoms with van der Waals surface area (Å²) in [6.45, 7) is 2.03. The third-order valence-corrected chi connectivity index (χ3v) is 10.9. The van der Waals surface area contributed by atoms with Crippen LogP contribution in [-0.2, 0) is 0 Å². The number of para-hydroxylation sites is 1. The summed E-state index contributed by atoms with van der Waals surface area (Å²) in [4.78, 5) is 10.4. The zero-order valence-electron chi connectivity index (χ0n) is 31.9. The summed E-state index contributed by atoms with van der Waals surface area (Å²) in [6.07, 6.45) is 0. The van der Waals surface area contributed by atoms with Gasteiger partial charge in [0.1, 0.15) is 11.2 Å². The van der Waals surface area contributed by atoms with Crippen molar-refractivity contribution in [3.05, 3.63) is 217 Å². The molecule has 10 aromatic rings. The van der Waals surface area contributed by atoms with Crippen molar-refractivity contribution < 1.29 is 4.42 Å². The molecule has 0 fully saturated rings. The normalized spacial score (nSPS) is 12.2. The van der Waals surface area contributed by atoms with Crippen LogP contribution in [-0.4, -0.2) is 17.4 Å². The van der Waals surface area contributed by atoms with E-state index in [1.165, 1.54) is 16.2 Å². The Hall–Kier alpha value is -7.69. The van der Waals surface area contributed by atoms with Crippen LogP contribution < -0.4 is 0 Å². The molecule has 9 aromatic carbocycles. The first-order valence-electron chi connectivity index (χ1n) is 19.5. The highest BCUT2D eigenvalue weighted by atomic mass is 16.3. The summed E-state index contributed by atoms with van der Waals surface area (Å²) in [5.74, 6) is 0.561. The highest BCUT2D eigenvalue weighted by Gasteiger charge is 2.20. The minimum absolute atomic E-state index is 0.126. The molecular weight excluding hydrogens is 707 g/mol. The monoisotopic (exact) mass is 743 g/mol. The standard InChI is InChI=1S/C54H37N3O/c1-35(40-28-29-46(48(32-40)38-16-4-2-5-17-38)44-27-25-37-15-9-11-21-42(37)31-44)56-54(57-53(55)39-18-6-3-7-19-39)49-33-45(43-26-24-36-14-8-10-20-41(36)30-43)34-51-52(49)47-22-12-13-23-50(47)58-51/h2-34,55H,1H3. The van der Waals surface area contributed by atoms with Crippen molar-refractivity contribution in [1.29, 1.82) is 5.41 Å². The number of nitrogens with one attached hydrogen (secondary N) is 1. The van der Waals surface area contributed by atoms with Gasteiger partial charge >= 0.3 is 0 Å². The van der Waals surface area contributed by atoms with Crippen molar-refractivity contribution in [2.75, 3.05) is 0 Å². The van der Waals surface area contributed by atoms with Crippen LogP contribution in [0.3, 0.4) is 0 Å². The lowest BCUT2D eigenvalue weighted by Gasteiger charge is -2.14. The maximum Gasteiger partial charge on any atom is 0.162 e. The largest absolute Gasteiger partial charge is 0.456 e. The number of benzene rings is 9. The van der Waals surface area contributed by atoms with Gasteiger partial charge in [-0.25, -0.2) is 9.98 Å². The third kappa shape index (κ3) is 6.57. The molecular formula is C54H37N3O. The molecule has 58 heavy (non-hydrogen) atoms. The van der Waals surface area contributed by atoms with Gasteiger partial charge in [0.25, 0.3) is 0 Å². The van der Waals surface area contributed by atoms with Gasteiger partial charge in [0, 0.05) is 27.6 Å². The number of fused-ring (bicyclic) bond motifs is 5. The lowest BCUT2D eigenvalue weighted by Crippen LogP contribution is -2.08. The molecule has 4 heteroatoms. The van der Waals surface area contributed by atoms with Crippen molar-refractivity contribution in [3.8, 4) is 33.4 Å². The fraction of sp³-hybridized carbons (Fsp3) is 0.0185. The molecule has 0 aliphatic heterocycles. The Labute approximate surface area is 336 Å². The molecule has 0 amide bonds. The number of nitrogens with zero attached hydrogens (tertiary/aromatic N) is 2. The molecule has 0 aliphatic rings. The molecule has 10 rings (SSSR count). The van der Waals surface area contributed by atoms with Crippen LogP contribution in [0.15, 0.2) is 215 Å². The Morgan fingerprint density at radius 3 is 1.79 bits per heavy atom. The summed E-state index contributed by atoms with van der Waals surface area (Å²) in [7, 11) is 0. The van der Waals surface area contributed by atoms with Gasteiger partial charge in [0.15, 0.2) is 11.7 Å². The number of hydrogen-bond donors (Lipinski definition) is 1. The first-order valence-corrected chi connectivity index (χ1v) is 19.5. The van der Waals surface area contributed by atoms with Gasteiger partial charge in [-0.05, 0) is 104 Å². The number of aliphatic imine (C=N–C) groups is 2. The van der Waals surface area contributed by atoms with Gasteiger partial charge in [-0.15, -0.1) is 0 Å². The van der Waals surface area contributed by atoms with Gasteiger partial charge < -0.3 is 4.42 Å². The number of furan rings is 1. The maximum atomic E-state index is 9.25. The highest BCUT2D eigenvalue weighted by Crippen LogP contribution is 2.38. The van der Waals surface area contributed by atoms with E-state index >= 15 is 0 Å². The molecule has 0 spiro atoms. The van der Waals surface area contributed by atoms with Crippen molar-refractivity contribution >= 4 is 60.9 Å². The highest BCUT2D eigenvalue weighted by molar-refractivity contribution is 6.24. The zero-order chi connectivity index (χ0) is 39.0. The Morgan fingerprint density at radius 1 is 0.431 bits per heavy atom. The number of hydrogen-bond acceptors (Lipinski definition) is 2. The topological polar surface area (TPSA) is 61.7 Å². The fourth-order valence-corrected chi connectivity index (χ4v) is 7.94. The average Bonchev–Trinajstić information content (AvgIpc) is 3.67. The fourth-order valence-electron chi connectivity index (χ4n) is 7.94. The third-order valence-electron chi connectivity index (χ3n) is 10.9.